The average molecular weight is 556 g/mol. The molecule has 0 unspecified atom stereocenters. The van der Waals surface area contributed by atoms with E-state index < -0.39 is 0 Å². The Hall–Kier alpha value is -1.77. The number of allylic oxidation sites excluding steroid dienone is 1. The Labute approximate surface area is 249 Å². The highest BCUT2D eigenvalue weighted by Crippen LogP contribution is 2.15. The van der Waals surface area contributed by atoms with Gasteiger partial charge in [0.15, 0.2) is 5.78 Å². The first kappa shape index (κ1) is 36.3. The zero-order valence-corrected chi connectivity index (χ0v) is 26.7. The summed E-state index contributed by atoms with van der Waals surface area (Å²) in [6, 6.07) is 7.57. The zero-order chi connectivity index (χ0) is 28.8. The first-order chi connectivity index (χ1) is 19.8. The number of benzene rings is 1. The fraction of sp³-hybridized carbons (Fsp3) is 0.757. The molecule has 3 nitrogen and oxygen atoms in total. The molecule has 40 heavy (non-hydrogen) atoms. The molecule has 0 fully saturated rings. The number of carbonyl (C=O) groups excluding carboxylic acids is 1. The molecule has 0 saturated carbocycles. The minimum absolute atomic E-state index is 0.0368. The summed E-state index contributed by atoms with van der Waals surface area (Å²) >= 11 is 0. The fourth-order valence-corrected chi connectivity index (χ4v) is 5.23. The molecule has 0 atom stereocenters. The molecule has 230 valence electrons. The van der Waals surface area contributed by atoms with Crippen molar-refractivity contribution in [3.63, 3.8) is 0 Å². The van der Waals surface area contributed by atoms with Gasteiger partial charge in [-0.1, -0.05) is 155 Å². The van der Waals surface area contributed by atoms with Gasteiger partial charge in [-0.05, 0) is 37.1 Å². The van der Waals surface area contributed by atoms with Gasteiger partial charge in [-0.2, -0.15) is 0 Å². The van der Waals surface area contributed by atoms with E-state index in [9.17, 15) is 4.79 Å². The van der Waals surface area contributed by atoms with Gasteiger partial charge in [-0.25, -0.2) is 0 Å². The molecule has 0 heterocycles. The second-order valence-corrected chi connectivity index (χ2v) is 11.8. The monoisotopic (exact) mass is 556 g/mol. The summed E-state index contributed by atoms with van der Waals surface area (Å²) in [7, 11) is 0. The van der Waals surface area contributed by atoms with Crippen LogP contribution in [-0.4, -0.2) is 18.9 Å². The Morgan fingerprint density at radius 3 is 1.43 bits per heavy atom. The first-order valence-corrected chi connectivity index (χ1v) is 17.4. The van der Waals surface area contributed by atoms with Crippen molar-refractivity contribution in [2.45, 2.75) is 168 Å². The van der Waals surface area contributed by atoms with Crippen LogP contribution in [0.5, 0.6) is 5.75 Å². The molecule has 1 N–H and O–H groups in total. The summed E-state index contributed by atoms with van der Waals surface area (Å²) in [5, 5.41) is 3.28. The Morgan fingerprint density at radius 2 is 0.975 bits per heavy atom. The zero-order valence-electron chi connectivity index (χ0n) is 26.7. The lowest BCUT2D eigenvalue weighted by Gasteiger charge is -2.07. The van der Waals surface area contributed by atoms with E-state index >= 15 is 0 Å². The molecule has 0 amide bonds. The summed E-state index contributed by atoms with van der Waals surface area (Å²) in [4.78, 5) is 12.4. The van der Waals surface area contributed by atoms with E-state index in [0.717, 1.165) is 25.3 Å². The second kappa shape index (κ2) is 28.7. The van der Waals surface area contributed by atoms with Gasteiger partial charge in [-0.15, -0.1) is 0 Å². The fourth-order valence-electron chi connectivity index (χ4n) is 5.23. The summed E-state index contributed by atoms with van der Waals surface area (Å²) in [5.74, 6) is 0.891. The van der Waals surface area contributed by atoms with Gasteiger partial charge in [0.05, 0.1) is 6.61 Å². The minimum atomic E-state index is 0.0368. The number of ether oxygens (including phenoxy) is 1. The average Bonchev–Trinajstić information content (AvgIpc) is 2.97. The number of ketones is 1. The molecule has 0 aromatic heterocycles. The van der Waals surface area contributed by atoms with Crippen LogP contribution in [0.3, 0.4) is 0 Å². The van der Waals surface area contributed by atoms with Crippen LogP contribution in [0.2, 0.25) is 0 Å². The summed E-state index contributed by atoms with van der Waals surface area (Å²) in [6.45, 7) is 6.25. The number of unbranched alkanes of at least 4 members (excludes halogenated alkanes) is 22. The van der Waals surface area contributed by atoms with Gasteiger partial charge < -0.3 is 10.1 Å². The molecule has 0 spiro atoms. The van der Waals surface area contributed by atoms with Gasteiger partial charge in [0.2, 0.25) is 0 Å². The smallest absolute Gasteiger partial charge is 0.187 e. The maximum atomic E-state index is 12.4. The van der Waals surface area contributed by atoms with Crippen molar-refractivity contribution in [3.05, 3.63) is 42.1 Å². The topological polar surface area (TPSA) is 38.3 Å². The maximum Gasteiger partial charge on any atom is 0.187 e. The standard InChI is InChI=1S/C37H65NO2/c1-3-5-7-9-11-13-15-16-17-18-19-21-23-25-32-38-33-31-37(39)35-27-29-36(30-28-35)40-34-26-24-22-20-14-12-10-8-6-4-2/h27-31,33,38H,3-26,32,34H2,1-2H3. The lowest BCUT2D eigenvalue weighted by molar-refractivity contribution is 0.104. The number of nitrogens with one attached hydrogen (secondary N) is 1. The molecular weight excluding hydrogens is 490 g/mol. The Balaban J connectivity index is 1.93. The van der Waals surface area contributed by atoms with Crippen LogP contribution in [0, 0.1) is 0 Å². The Morgan fingerprint density at radius 1 is 0.575 bits per heavy atom. The van der Waals surface area contributed by atoms with Crippen LogP contribution < -0.4 is 10.1 Å². The summed E-state index contributed by atoms with van der Waals surface area (Å²) < 4.78 is 5.87. The summed E-state index contributed by atoms with van der Waals surface area (Å²) in [5.41, 5.74) is 0.709. The molecule has 0 bridgehead atoms. The van der Waals surface area contributed by atoms with E-state index in [2.05, 4.69) is 19.2 Å². The predicted molar refractivity (Wildman–Crippen MR) is 176 cm³/mol. The Bertz CT molecular complexity index is 697. The highest BCUT2D eigenvalue weighted by atomic mass is 16.5. The van der Waals surface area contributed by atoms with E-state index in [1.54, 1.807) is 12.3 Å². The third kappa shape index (κ3) is 23.0. The number of hydrogen-bond donors (Lipinski definition) is 1. The summed E-state index contributed by atoms with van der Waals surface area (Å²) in [6.07, 6.45) is 36.0. The van der Waals surface area contributed by atoms with Gasteiger partial charge in [0.25, 0.3) is 0 Å². The van der Waals surface area contributed by atoms with Crippen LogP contribution in [0.15, 0.2) is 36.5 Å². The van der Waals surface area contributed by atoms with Crippen molar-refractivity contribution in [1.82, 2.24) is 5.32 Å². The molecule has 0 radical (unpaired) electrons. The lowest BCUT2D eigenvalue weighted by Crippen LogP contribution is -2.08. The molecule has 0 aliphatic rings. The van der Waals surface area contributed by atoms with Crippen LogP contribution >= 0.6 is 0 Å². The van der Waals surface area contributed by atoms with E-state index in [4.69, 9.17) is 4.74 Å². The van der Waals surface area contributed by atoms with Gasteiger partial charge in [-0.3, -0.25) is 4.79 Å². The molecule has 0 aliphatic heterocycles. The molecule has 3 heteroatoms. The SMILES string of the molecule is CCCCCCCCCCCCCCCCNC=CC(=O)c1ccc(OCCCCCCCCCCCC)cc1. The van der Waals surface area contributed by atoms with Gasteiger partial charge in [0, 0.05) is 24.4 Å². The van der Waals surface area contributed by atoms with Gasteiger partial charge >= 0.3 is 0 Å². The van der Waals surface area contributed by atoms with Crippen LogP contribution in [0.1, 0.15) is 178 Å². The number of rotatable bonds is 30. The van der Waals surface area contributed by atoms with Crippen LogP contribution in [0.25, 0.3) is 0 Å². The Kier molecular flexibility index (Phi) is 26.1. The largest absolute Gasteiger partial charge is 0.494 e. The van der Waals surface area contributed by atoms with Gasteiger partial charge in [0.1, 0.15) is 5.75 Å². The number of carbonyl (C=O) groups is 1. The minimum Gasteiger partial charge on any atom is -0.494 e. The van der Waals surface area contributed by atoms with Crippen LogP contribution in [0.4, 0.5) is 0 Å². The third-order valence-corrected chi connectivity index (χ3v) is 7.93. The lowest BCUT2D eigenvalue weighted by atomic mass is 10.0. The van der Waals surface area contributed by atoms with Crippen molar-refractivity contribution in [3.8, 4) is 5.75 Å². The van der Waals surface area contributed by atoms with Crippen LogP contribution in [-0.2, 0) is 0 Å². The third-order valence-electron chi connectivity index (χ3n) is 7.93. The second-order valence-electron chi connectivity index (χ2n) is 11.8. The van der Waals surface area contributed by atoms with Crippen molar-refractivity contribution < 1.29 is 9.53 Å². The van der Waals surface area contributed by atoms with Crippen molar-refractivity contribution in [1.29, 1.82) is 0 Å². The van der Waals surface area contributed by atoms with E-state index in [1.165, 1.54) is 148 Å². The first-order valence-electron chi connectivity index (χ1n) is 17.4. The molecular formula is C37H65NO2. The molecule has 1 aromatic carbocycles. The molecule has 1 aromatic rings. The van der Waals surface area contributed by atoms with Crippen molar-refractivity contribution in [2.24, 2.45) is 0 Å². The molecule has 1 rings (SSSR count). The van der Waals surface area contributed by atoms with E-state index in [0.29, 0.717) is 5.56 Å². The van der Waals surface area contributed by atoms with Crippen molar-refractivity contribution >= 4 is 5.78 Å². The predicted octanol–water partition coefficient (Wildman–Crippen LogP) is 11.8. The normalized spacial score (nSPS) is 11.3. The quantitative estimate of drug-likeness (QED) is 0.0582. The maximum absolute atomic E-state index is 12.4. The van der Waals surface area contributed by atoms with E-state index in [-0.39, 0.29) is 5.78 Å². The van der Waals surface area contributed by atoms with Crippen molar-refractivity contribution in [2.75, 3.05) is 13.2 Å². The molecule has 0 saturated heterocycles. The number of hydrogen-bond acceptors (Lipinski definition) is 3. The highest BCUT2D eigenvalue weighted by molar-refractivity contribution is 6.04. The highest BCUT2D eigenvalue weighted by Gasteiger charge is 2.02. The molecule has 0 aliphatic carbocycles. The van der Waals surface area contributed by atoms with E-state index in [1.807, 2.05) is 24.3 Å².